The van der Waals surface area contributed by atoms with Crippen LogP contribution >= 0.6 is 22.9 Å². The second-order valence-electron chi connectivity index (χ2n) is 6.72. The Hall–Kier alpha value is -2.83. The lowest BCUT2D eigenvalue weighted by atomic mass is 10.1. The fourth-order valence-electron chi connectivity index (χ4n) is 3.44. The molecule has 0 radical (unpaired) electrons. The maximum absolute atomic E-state index is 12.7. The molecule has 0 unspecified atom stereocenters. The van der Waals surface area contributed by atoms with Crippen LogP contribution in [0.5, 0.6) is 5.75 Å². The van der Waals surface area contributed by atoms with Crippen LogP contribution in [0.3, 0.4) is 0 Å². The lowest BCUT2D eigenvalue weighted by Gasteiger charge is -2.20. The van der Waals surface area contributed by atoms with E-state index in [1.54, 1.807) is 25.3 Å². The fourth-order valence-corrected chi connectivity index (χ4v) is 4.43. The summed E-state index contributed by atoms with van der Waals surface area (Å²) in [5.74, 6) is 0.672. The second kappa shape index (κ2) is 8.50. The summed E-state index contributed by atoms with van der Waals surface area (Å²) in [5.41, 5.74) is 3.12. The van der Waals surface area contributed by atoms with E-state index in [0.717, 1.165) is 29.7 Å². The van der Waals surface area contributed by atoms with Gasteiger partial charge in [-0.15, -0.1) is 11.3 Å². The maximum atomic E-state index is 12.7. The number of benzene rings is 2. The van der Waals surface area contributed by atoms with Gasteiger partial charge >= 0.3 is 5.63 Å². The molecule has 0 fully saturated rings. The summed E-state index contributed by atoms with van der Waals surface area (Å²) in [6.45, 7) is 5.97. The van der Waals surface area contributed by atoms with Gasteiger partial charge in [-0.3, -0.25) is 0 Å². The molecule has 4 aromatic rings. The highest BCUT2D eigenvalue weighted by Gasteiger charge is 2.16. The number of nitrogens with zero attached hydrogens (tertiary/aromatic N) is 2. The predicted octanol–water partition coefficient (Wildman–Crippen LogP) is 6.09. The Morgan fingerprint density at radius 2 is 1.90 bits per heavy atom. The van der Waals surface area contributed by atoms with Gasteiger partial charge in [0.15, 0.2) is 0 Å². The first-order valence-electron chi connectivity index (χ1n) is 9.66. The summed E-state index contributed by atoms with van der Waals surface area (Å²) >= 11 is 7.53. The molecule has 0 saturated carbocycles. The number of ether oxygens (including phenoxy) is 1. The summed E-state index contributed by atoms with van der Waals surface area (Å²) in [4.78, 5) is 19.6. The van der Waals surface area contributed by atoms with Crippen molar-refractivity contribution >= 4 is 39.6 Å². The van der Waals surface area contributed by atoms with Crippen molar-refractivity contribution in [1.82, 2.24) is 4.98 Å². The van der Waals surface area contributed by atoms with Gasteiger partial charge < -0.3 is 14.1 Å². The highest BCUT2D eigenvalue weighted by Crippen LogP contribution is 2.35. The number of hydrogen-bond acceptors (Lipinski definition) is 6. The third kappa shape index (κ3) is 3.80. The molecule has 7 heteroatoms. The van der Waals surface area contributed by atoms with Crippen molar-refractivity contribution in [3.8, 4) is 27.6 Å². The minimum Gasteiger partial charge on any atom is -0.496 e. The van der Waals surface area contributed by atoms with E-state index >= 15 is 0 Å². The zero-order valence-corrected chi connectivity index (χ0v) is 18.5. The van der Waals surface area contributed by atoms with Crippen molar-refractivity contribution in [2.75, 3.05) is 25.1 Å². The van der Waals surface area contributed by atoms with Gasteiger partial charge in [-0.05, 0) is 50.2 Å². The summed E-state index contributed by atoms with van der Waals surface area (Å²) < 4.78 is 11.1. The highest BCUT2D eigenvalue weighted by molar-refractivity contribution is 7.13. The lowest BCUT2D eigenvalue weighted by Crippen LogP contribution is -2.21. The lowest BCUT2D eigenvalue weighted by molar-refractivity contribution is 0.416. The standard InChI is InChI=1S/C23H21ClN2O3S/c1-4-26(5-2)16-8-6-14-10-18(23(27)29-21(14)12-16)22-25-19(13-30-22)17-11-15(24)7-9-20(17)28-3/h6-13H,4-5H2,1-3H3. The van der Waals surface area contributed by atoms with Gasteiger partial charge in [0.1, 0.15) is 16.3 Å². The second-order valence-corrected chi connectivity index (χ2v) is 8.02. The molecule has 0 aliphatic rings. The maximum Gasteiger partial charge on any atom is 0.346 e. The van der Waals surface area contributed by atoms with Crippen LogP contribution in [-0.4, -0.2) is 25.2 Å². The third-order valence-corrected chi connectivity index (χ3v) is 6.13. The van der Waals surface area contributed by atoms with Crippen LogP contribution in [0.25, 0.3) is 32.8 Å². The van der Waals surface area contributed by atoms with Crippen molar-refractivity contribution in [2.24, 2.45) is 0 Å². The largest absolute Gasteiger partial charge is 0.496 e. The van der Waals surface area contributed by atoms with Crippen molar-refractivity contribution in [3.63, 3.8) is 0 Å². The molecule has 2 aromatic carbocycles. The van der Waals surface area contributed by atoms with E-state index < -0.39 is 5.63 Å². The van der Waals surface area contributed by atoms with E-state index in [9.17, 15) is 4.79 Å². The Labute approximate surface area is 183 Å². The summed E-state index contributed by atoms with van der Waals surface area (Å²) in [6, 6.07) is 13.1. The summed E-state index contributed by atoms with van der Waals surface area (Å²) in [5, 5.41) is 3.93. The summed E-state index contributed by atoms with van der Waals surface area (Å²) in [6.07, 6.45) is 0. The first-order valence-corrected chi connectivity index (χ1v) is 10.9. The molecule has 0 aliphatic heterocycles. The monoisotopic (exact) mass is 440 g/mol. The predicted molar refractivity (Wildman–Crippen MR) is 124 cm³/mol. The van der Waals surface area contributed by atoms with Gasteiger partial charge in [-0.2, -0.15) is 0 Å². The van der Waals surface area contributed by atoms with Crippen LogP contribution in [-0.2, 0) is 0 Å². The molecular formula is C23H21ClN2O3S. The number of rotatable bonds is 6. The molecule has 2 aromatic heterocycles. The van der Waals surface area contributed by atoms with Crippen molar-refractivity contribution < 1.29 is 9.15 Å². The number of fused-ring (bicyclic) bond motifs is 1. The fraction of sp³-hybridized carbons (Fsp3) is 0.217. The normalized spacial score (nSPS) is 11.1. The quantitative estimate of drug-likeness (QED) is 0.339. The van der Waals surface area contributed by atoms with Crippen LogP contribution in [0.1, 0.15) is 13.8 Å². The number of anilines is 1. The molecule has 0 amide bonds. The first-order chi connectivity index (χ1) is 14.5. The summed E-state index contributed by atoms with van der Waals surface area (Å²) in [7, 11) is 1.60. The number of methoxy groups -OCH3 is 1. The smallest absolute Gasteiger partial charge is 0.346 e. The molecule has 154 valence electrons. The first kappa shape index (κ1) is 20.4. The van der Waals surface area contributed by atoms with Gasteiger partial charge in [0.2, 0.25) is 0 Å². The van der Waals surface area contributed by atoms with Crippen molar-refractivity contribution in [1.29, 1.82) is 0 Å². The van der Waals surface area contributed by atoms with Crippen molar-refractivity contribution in [3.05, 3.63) is 63.3 Å². The van der Waals surface area contributed by atoms with Crippen LogP contribution in [0.15, 0.2) is 57.1 Å². The molecule has 2 heterocycles. The molecule has 5 nitrogen and oxygen atoms in total. The molecule has 0 atom stereocenters. The van der Waals surface area contributed by atoms with Crippen LogP contribution in [0.4, 0.5) is 5.69 Å². The zero-order valence-electron chi connectivity index (χ0n) is 16.9. The topological polar surface area (TPSA) is 55.6 Å². The van der Waals surface area contributed by atoms with E-state index in [2.05, 4.69) is 23.7 Å². The molecule has 0 N–H and O–H groups in total. The minimum absolute atomic E-state index is 0.404. The molecule has 0 saturated heterocycles. The minimum atomic E-state index is -0.404. The van der Waals surface area contributed by atoms with E-state index in [-0.39, 0.29) is 0 Å². The van der Waals surface area contributed by atoms with Gasteiger partial charge in [0.25, 0.3) is 0 Å². The Morgan fingerprint density at radius 1 is 1.10 bits per heavy atom. The van der Waals surface area contributed by atoms with Gasteiger partial charge in [0, 0.05) is 46.2 Å². The van der Waals surface area contributed by atoms with E-state index in [1.165, 1.54) is 11.3 Å². The van der Waals surface area contributed by atoms with Gasteiger partial charge in [0.05, 0.1) is 18.4 Å². The Balaban J connectivity index is 1.76. The SMILES string of the molecule is CCN(CC)c1ccc2cc(-c3nc(-c4cc(Cl)ccc4OC)cs3)c(=O)oc2c1. The van der Waals surface area contributed by atoms with E-state index in [1.807, 2.05) is 29.6 Å². The molecule has 0 bridgehead atoms. The van der Waals surface area contributed by atoms with E-state index in [4.69, 9.17) is 20.8 Å². The van der Waals surface area contributed by atoms with E-state index in [0.29, 0.717) is 32.6 Å². The molecule has 0 spiro atoms. The Morgan fingerprint density at radius 3 is 2.63 bits per heavy atom. The highest BCUT2D eigenvalue weighted by atomic mass is 35.5. The van der Waals surface area contributed by atoms with Crippen LogP contribution in [0.2, 0.25) is 5.02 Å². The number of thiazole rings is 1. The molecular weight excluding hydrogens is 420 g/mol. The number of aromatic nitrogens is 1. The molecule has 0 aliphatic carbocycles. The number of hydrogen-bond donors (Lipinski definition) is 0. The molecule has 4 rings (SSSR count). The number of halogens is 1. The Bertz CT molecular complexity index is 1260. The Kier molecular flexibility index (Phi) is 5.79. The third-order valence-electron chi connectivity index (χ3n) is 5.02. The van der Waals surface area contributed by atoms with Crippen LogP contribution < -0.4 is 15.3 Å². The van der Waals surface area contributed by atoms with Crippen molar-refractivity contribution in [2.45, 2.75) is 13.8 Å². The zero-order chi connectivity index (χ0) is 21.3. The average Bonchev–Trinajstić information content (AvgIpc) is 3.24. The molecule has 30 heavy (non-hydrogen) atoms. The van der Waals surface area contributed by atoms with Gasteiger partial charge in [-0.25, -0.2) is 9.78 Å². The average molecular weight is 441 g/mol. The van der Waals surface area contributed by atoms with Crippen LogP contribution in [0, 0.1) is 0 Å². The van der Waals surface area contributed by atoms with Gasteiger partial charge in [-0.1, -0.05) is 11.6 Å².